The van der Waals surface area contributed by atoms with E-state index in [1.807, 2.05) is 46.0 Å². The monoisotopic (exact) mass is 769 g/mol. The number of nitrogens with one attached hydrogen (secondary N) is 3. The number of carbonyl (C=O) groups is 4. The summed E-state index contributed by atoms with van der Waals surface area (Å²) < 4.78 is 21.0. The van der Waals surface area contributed by atoms with E-state index in [2.05, 4.69) is 57.0 Å². The first-order valence-electron chi connectivity index (χ1n) is 19.0. The molecule has 4 amide bonds. The van der Waals surface area contributed by atoms with Crippen LogP contribution in [0.4, 0.5) is 9.59 Å². The molecule has 0 spiro atoms. The predicted molar refractivity (Wildman–Crippen MR) is 209 cm³/mol. The second kappa shape index (κ2) is 17.9. The van der Waals surface area contributed by atoms with E-state index in [0.29, 0.717) is 45.2 Å². The molecule has 3 aromatic rings. The molecule has 4 heterocycles. The number of H-pyrrole nitrogens is 1. The van der Waals surface area contributed by atoms with Gasteiger partial charge in [-0.1, -0.05) is 76.2 Å². The molecule has 6 rings (SSSR count). The molecular weight excluding hydrogens is 718 g/mol. The Balaban J connectivity index is 1.09. The summed E-state index contributed by atoms with van der Waals surface area (Å²) in [4.78, 5) is 67.5. The van der Waals surface area contributed by atoms with Gasteiger partial charge in [-0.15, -0.1) is 0 Å². The quantitative estimate of drug-likeness (QED) is 0.247. The van der Waals surface area contributed by atoms with Crippen molar-refractivity contribution in [1.82, 2.24) is 30.4 Å². The number of aromatic nitrogens is 2. The fourth-order valence-corrected chi connectivity index (χ4v) is 7.19. The average molecular weight is 770 g/mol. The van der Waals surface area contributed by atoms with Crippen molar-refractivity contribution in [3.05, 3.63) is 72.3 Å². The zero-order chi connectivity index (χ0) is 39.9. The minimum Gasteiger partial charge on any atom is -0.453 e. The first-order chi connectivity index (χ1) is 27.0. The molecule has 0 bridgehead atoms. The lowest BCUT2D eigenvalue weighted by Crippen LogP contribution is -2.59. The molecule has 0 saturated carbocycles. The highest BCUT2D eigenvalue weighted by Crippen LogP contribution is 2.31. The third kappa shape index (κ3) is 8.95. The molecule has 15 heteroatoms. The number of amides is 4. The number of benzene rings is 2. The van der Waals surface area contributed by atoms with Gasteiger partial charge in [-0.25, -0.2) is 14.6 Å². The molecule has 3 aliphatic heterocycles. The maximum absolute atomic E-state index is 13.7. The summed E-state index contributed by atoms with van der Waals surface area (Å²) in [6.45, 7) is 9.73. The SMILES string of the molecule is COC(=O)N[C@H](C(=O)N1CCOC[C@H]1C1=NC=C(c2ccc(-c3ccc(-c4cnc([C@@H]5COCCN5C(=O)[C@@H](NC(=O)OC)C(C)C)[nH]4)cc3)cc2)C1)C(C)C. The number of nitrogens with zero attached hydrogens (tertiary/aromatic N) is 4. The fraction of sp³-hybridized carbons (Fsp3) is 0.463. The number of imidazole rings is 1. The number of allylic oxidation sites excluding steroid dienone is 1. The van der Waals surface area contributed by atoms with Crippen molar-refractivity contribution in [3.63, 3.8) is 0 Å². The minimum atomic E-state index is -0.749. The lowest BCUT2D eigenvalue weighted by atomic mass is 9.95. The maximum atomic E-state index is 13.7. The Bertz CT molecular complexity index is 1940. The van der Waals surface area contributed by atoms with Gasteiger partial charge in [0.2, 0.25) is 11.8 Å². The van der Waals surface area contributed by atoms with Crippen LogP contribution in [0.15, 0.2) is 65.9 Å². The van der Waals surface area contributed by atoms with Crippen LogP contribution in [-0.4, -0.2) is 121 Å². The minimum absolute atomic E-state index is 0.132. The summed E-state index contributed by atoms with van der Waals surface area (Å²) in [6.07, 6.45) is 2.90. The summed E-state index contributed by atoms with van der Waals surface area (Å²) in [5.74, 6) is -0.0720. The molecule has 3 N–H and O–H groups in total. The van der Waals surface area contributed by atoms with Crippen LogP contribution in [-0.2, 0) is 28.5 Å². The van der Waals surface area contributed by atoms with Crippen LogP contribution in [0.2, 0.25) is 0 Å². The zero-order valence-electron chi connectivity index (χ0n) is 32.7. The van der Waals surface area contributed by atoms with Crippen molar-refractivity contribution >= 4 is 35.3 Å². The van der Waals surface area contributed by atoms with Crippen molar-refractivity contribution in [2.24, 2.45) is 16.8 Å². The third-order valence-corrected chi connectivity index (χ3v) is 10.4. The number of hydrogen-bond donors (Lipinski definition) is 3. The highest BCUT2D eigenvalue weighted by molar-refractivity contribution is 6.03. The summed E-state index contributed by atoms with van der Waals surface area (Å²) in [6, 6.07) is 14.2. The number of aliphatic imine (C=N–C) groups is 1. The largest absolute Gasteiger partial charge is 0.453 e. The van der Waals surface area contributed by atoms with Gasteiger partial charge in [0.15, 0.2) is 0 Å². The van der Waals surface area contributed by atoms with E-state index < -0.39 is 30.3 Å². The number of rotatable bonds is 11. The van der Waals surface area contributed by atoms with Crippen LogP contribution < -0.4 is 10.6 Å². The topological polar surface area (TPSA) is 177 Å². The summed E-state index contributed by atoms with van der Waals surface area (Å²) in [5.41, 5.74) is 6.77. The van der Waals surface area contributed by atoms with E-state index in [-0.39, 0.29) is 36.3 Å². The molecule has 2 saturated heterocycles. The number of alkyl carbamates (subject to hydrolysis) is 2. The molecule has 56 heavy (non-hydrogen) atoms. The lowest BCUT2D eigenvalue weighted by Gasteiger charge is -2.38. The fourth-order valence-electron chi connectivity index (χ4n) is 7.19. The van der Waals surface area contributed by atoms with Crippen molar-refractivity contribution in [1.29, 1.82) is 0 Å². The van der Waals surface area contributed by atoms with E-state index in [0.717, 1.165) is 39.2 Å². The van der Waals surface area contributed by atoms with Crippen LogP contribution in [0.5, 0.6) is 0 Å². The molecule has 3 aliphatic rings. The first kappa shape index (κ1) is 40.1. The Hall–Kier alpha value is -5.54. The normalized spacial score (nSPS) is 19.6. The smallest absolute Gasteiger partial charge is 0.407 e. The Morgan fingerprint density at radius 1 is 0.732 bits per heavy atom. The molecule has 15 nitrogen and oxygen atoms in total. The zero-order valence-corrected chi connectivity index (χ0v) is 32.7. The molecule has 0 radical (unpaired) electrons. The molecule has 0 aliphatic carbocycles. The van der Waals surface area contributed by atoms with Crippen molar-refractivity contribution in [3.8, 4) is 22.4 Å². The van der Waals surface area contributed by atoms with Gasteiger partial charge in [0, 0.05) is 31.4 Å². The molecule has 298 valence electrons. The van der Waals surface area contributed by atoms with Crippen LogP contribution in [0.1, 0.15) is 51.5 Å². The van der Waals surface area contributed by atoms with Crippen LogP contribution in [0, 0.1) is 11.8 Å². The first-order valence-corrected chi connectivity index (χ1v) is 19.0. The van der Waals surface area contributed by atoms with Gasteiger partial charge in [-0.2, -0.15) is 0 Å². The van der Waals surface area contributed by atoms with Crippen LogP contribution in [0.25, 0.3) is 28.0 Å². The van der Waals surface area contributed by atoms with Gasteiger partial charge in [-0.05, 0) is 39.7 Å². The summed E-state index contributed by atoms with van der Waals surface area (Å²) >= 11 is 0. The maximum Gasteiger partial charge on any atom is 0.407 e. The number of hydrogen-bond acceptors (Lipinski definition) is 10. The standard InChI is InChI=1S/C41H51N7O8/c1-24(2)35(45-40(51)53-5)38(49)47-15-17-55-22-33(47)31-19-30(20-42-31)28-9-7-26(8-10-28)27-11-13-29(14-12-27)32-21-43-37(44-32)34-23-56-18-16-48(34)39(50)36(25(3)4)46-41(52)54-6/h7-14,20-21,24-25,33-36H,15-19,22-23H2,1-6H3,(H,43,44)(H,45,51)(H,46,52)/t33-,34-,35-,36-/m0/s1. The van der Waals surface area contributed by atoms with Gasteiger partial charge in [0.05, 0.1) is 58.6 Å². The second-order valence-electron chi connectivity index (χ2n) is 14.7. The highest BCUT2D eigenvalue weighted by Gasteiger charge is 2.39. The molecule has 0 unspecified atom stereocenters. The highest BCUT2D eigenvalue weighted by atomic mass is 16.5. The lowest BCUT2D eigenvalue weighted by molar-refractivity contribution is -0.144. The van der Waals surface area contributed by atoms with Crippen molar-refractivity contribution < 1.29 is 38.1 Å². The third-order valence-electron chi connectivity index (χ3n) is 10.4. The molecule has 2 fully saturated rings. The van der Waals surface area contributed by atoms with Crippen molar-refractivity contribution in [2.75, 3.05) is 53.7 Å². The van der Waals surface area contributed by atoms with E-state index in [4.69, 9.17) is 23.9 Å². The van der Waals surface area contributed by atoms with Gasteiger partial charge >= 0.3 is 12.2 Å². The van der Waals surface area contributed by atoms with Gasteiger partial charge in [0.1, 0.15) is 23.9 Å². The molecule has 4 atom stereocenters. The Morgan fingerprint density at radius 2 is 1.21 bits per heavy atom. The number of aromatic amines is 1. The Labute approximate surface area is 326 Å². The average Bonchev–Trinajstić information content (AvgIpc) is 3.93. The molecule has 2 aromatic carbocycles. The summed E-state index contributed by atoms with van der Waals surface area (Å²) in [7, 11) is 2.55. The summed E-state index contributed by atoms with van der Waals surface area (Å²) in [5, 5.41) is 5.36. The van der Waals surface area contributed by atoms with Crippen LogP contribution in [0.3, 0.4) is 0 Å². The van der Waals surface area contributed by atoms with E-state index in [1.165, 1.54) is 14.2 Å². The molecule has 1 aromatic heterocycles. The van der Waals surface area contributed by atoms with E-state index >= 15 is 0 Å². The van der Waals surface area contributed by atoms with E-state index in [9.17, 15) is 19.2 Å². The number of ether oxygens (including phenoxy) is 4. The Morgan fingerprint density at radius 3 is 1.73 bits per heavy atom. The van der Waals surface area contributed by atoms with Gasteiger partial charge in [0.25, 0.3) is 0 Å². The predicted octanol–water partition coefficient (Wildman–Crippen LogP) is 4.82. The van der Waals surface area contributed by atoms with E-state index in [1.54, 1.807) is 16.0 Å². The Kier molecular flexibility index (Phi) is 12.9. The van der Waals surface area contributed by atoms with Gasteiger partial charge in [-0.3, -0.25) is 14.6 Å². The number of methoxy groups -OCH3 is 2. The molecular formula is C41H51N7O8. The number of carbonyl (C=O) groups excluding carboxylic acids is 4. The second-order valence-corrected chi connectivity index (χ2v) is 14.7. The van der Waals surface area contributed by atoms with Crippen LogP contribution >= 0.6 is 0 Å². The number of morpholine rings is 2. The van der Waals surface area contributed by atoms with Gasteiger partial charge < -0.3 is 44.4 Å². The van der Waals surface area contributed by atoms with Crippen molar-refractivity contribution in [2.45, 2.75) is 58.3 Å².